The van der Waals surface area contributed by atoms with Crippen LogP contribution in [-0.4, -0.2) is 30.3 Å². The molecule has 0 aromatic heterocycles. The minimum atomic E-state index is 0.202. The largest absolute Gasteiger partial charge is 0.345 e. The van der Waals surface area contributed by atoms with E-state index in [1.165, 1.54) is 25.7 Å². The Labute approximate surface area is 97.0 Å². The van der Waals surface area contributed by atoms with Crippen molar-refractivity contribution in [1.29, 1.82) is 0 Å². The number of nitrogens with zero attached hydrogens (tertiary/aromatic N) is 1. The van der Waals surface area contributed by atoms with Crippen molar-refractivity contribution < 1.29 is 4.79 Å². The standard InChI is InChI=1S/C12H20ClNO/c1-14(12(15)4-5-13)8-11-7-9-2-3-10(11)6-9/h9-11H,2-8H2,1H3. The lowest BCUT2D eigenvalue weighted by atomic mass is 9.88. The zero-order chi connectivity index (χ0) is 10.8. The highest BCUT2D eigenvalue weighted by molar-refractivity contribution is 6.18. The summed E-state index contributed by atoms with van der Waals surface area (Å²) in [6, 6.07) is 0. The van der Waals surface area contributed by atoms with Crippen molar-refractivity contribution in [2.75, 3.05) is 19.5 Å². The van der Waals surface area contributed by atoms with Gasteiger partial charge in [0.15, 0.2) is 0 Å². The third-order valence-electron chi connectivity index (χ3n) is 4.13. The van der Waals surface area contributed by atoms with E-state index in [-0.39, 0.29) is 5.91 Å². The summed E-state index contributed by atoms with van der Waals surface area (Å²) in [5.74, 6) is 3.29. The normalized spacial score (nSPS) is 33.3. The predicted molar refractivity (Wildman–Crippen MR) is 61.9 cm³/mol. The van der Waals surface area contributed by atoms with Crippen LogP contribution >= 0.6 is 11.6 Å². The number of hydrogen-bond acceptors (Lipinski definition) is 1. The fraction of sp³-hybridized carbons (Fsp3) is 0.917. The van der Waals surface area contributed by atoms with E-state index >= 15 is 0 Å². The maximum Gasteiger partial charge on any atom is 0.223 e. The summed E-state index contributed by atoms with van der Waals surface area (Å²) < 4.78 is 0. The molecular formula is C12H20ClNO. The van der Waals surface area contributed by atoms with Gasteiger partial charge in [-0.05, 0) is 37.0 Å². The summed E-state index contributed by atoms with van der Waals surface area (Å²) in [7, 11) is 1.92. The average molecular weight is 230 g/mol. The Hall–Kier alpha value is -0.240. The molecule has 2 saturated carbocycles. The van der Waals surface area contributed by atoms with Crippen LogP contribution in [0, 0.1) is 17.8 Å². The van der Waals surface area contributed by atoms with E-state index in [4.69, 9.17) is 11.6 Å². The molecule has 15 heavy (non-hydrogen) atoms. The molecule has 2 bridgehead atoms. The Bertz CT molecular complexity index is 244. The van der Waals surface area contributed by atoms with Crippen LogP contribution in [0.5, 0.6) is 0 Å². The van der Waals surface area contributed by atoms with E-state index in [1.807, 2.05) is 11.9 Å². The summed E-state index contributed by atoms with van der Waals surface area (Å²) in [6.45, 7) is 0.955. The molecule has 2 aliphatic rings. The summed E-state index contributed by atoms with van der Waals surface area (Å²) >= 11 is 5.57. The second-order valence-corrected chi connectivity index (χ2v) is 5.53. The predicted octanol–water partition coefficient (Wildman–Crippen LogP) is 2.51. The molecular weight excluding hydrogens is 210 g/mol. The van der Waals surface area contributed by atoms with Crippen molar-refractivity contribution in [3.8, 4) is 0 Å². The smallest absolute Gasteiger partial charge is 0.223 e. The average Bonchev–Trinajstić information content (AvgIpc) is 2.79. The highest BCUT2D eigenvalue weighted by atomic mass is 35.5. The van der Waals surface area contributed by atoms with Crippen molar-refractivity contribution in [3.63, 3.8) is 0 Å². The van der Waals surface area contributed by atoms with Gasteiger partial charge in [0.25, 0.3) is 0 Å². The first kappa shape index (κ1) is 11.3. The molecule has 2 nitrogen and oxygen atoms in total. The van der Waals surface area contributed by atoms with Gasteiger partial charge in [-0.15, -0.1) is 11.6 Å². The first-order chi connectivity index (χ1) is 7.20. The maximum absolute atomic E-state index is 11.6. The quantitative estimate of drug-likeness (QED) is 0.679. The third-order valence-corrected chi connectivity index (χ3v) is 4.32. The molecule has 0 saturated heterocycles. The van der Waals surface area contributed by atoms with Crippen molar-refractivity contribution in [3.05, 3.63) is 0 Å². The SMILES string of the molecule is CN(CC1CC2CCC1C2)C(=O)CCCl. The van der Waals surface area contributed by atoms with E-state index in [2.05, 4.69) is 0 Å². The van der Waals surface area contributed by atoms with Crippen LogP contribution in [0.1, 0.15) is 32.1 Å². The first-order valence-corrected chi connectivity index (χ1v) is 6.54. The van der Waals surface area contributed by atoms with Gasteiger partial charge in [-0.2, -0.15) is 0 Å². The van der Waals surface area contributed by atoms with Gasteiger partial charge in [0.2, 0.25) is 5.91 Å². The van der Waals surface area contributed by atoms with Crippen LogP contribution in [0.15, 0.2) is 0 Å². The Morgan fingerprint density at radius 3 is 2.73 bits per heavy atom. The highest BCUT2D eigenvalue weighted by Crippen LogP contribution is 2.48. The molecule has 2 rings (SSSR count). The van der Waals surface area contributed by atoms with Gasteiger partial charge in [-0.3, -0.25) is 4.79 Å². The van der Waals surface area contributed by atoms with E-state index in [1.54, 1.807) is 0 Å². The number of rotatable bonds is 4. The molecule has 1 amide bonds. The maximum atomic E-state index is 11.6. The number of alkyl halides is 1. The van der Waals surface area contributed by atoms with Gasteiger partial charge in [0.05, 0.1) is 0 Å². The Morgan fingerprint density at radius 1 is 1.40 bits per heavy atom. The lowest BCUT2D eigenvalue weighted by Gasteiger charge is -2.27. The number of halogens is 1. The first-order valence-electron chi connectivity index (χ1n) is 6.00. The third kappa shape index (κ3) is 2.47. The summed E-state index contributed by atoms with van der Waals surface area (Å²) in [5.41, 5.74) is 0. The molecule has 3 unspecified atom stereocenters. The molecule has 0 N–H and O–H groups in total. The van der Waals surface area contributed by atoms with E-state index in [0.29, 0.717) is 12.3 Å². The Morgan fingerprint density at radius 2 is 2.20 bits per heavy atom. The number of carbonyl (C=O) groups is 1. The van der Waals surface area contributed by atoms with Crippen molar-refractivity contribution in [2.45, 2.75) is 32.1 Å². The van der Waals surface area contributed by atoms with Crippen LogP contribution in [-0.2, 0) is 4.79 Å². The molecule has 86 valence electrons. The zero-order valence-electron chi connectivity index (χ0n) is 9.42. The van der Waals surface area contributed by atoms with E-state index in [0.717, 1.165) is 24.3 Å². The molecule has 0 aromatic carbocycles. The van der Waals surface area contributed by atoms with Gasteiger partial charge in [-0.1, -0.05) is 6.42 Å². The lowest BCUT2D eigenvalue weighted by molar-refractivity contribution is -0.130. The van der Waals surface area contributed by atoms with Crippen LogP contribution < -0.4 is 0 Å². The second-order valence-electron chi connectivity index (χ2n) is 5.15. The summed E-state index contributed by atoms with van der Waals surface area (Å²) in [5, 5.41) is 0. The molecule has 3 heteroatoms. The van der Waals surface area contributed by atoms with Gasteiger partial charge >= 0.3 is 0 Å². The highest BCUT2D eigenvalue weighted by Gasteiger charge is 2.39. The van der Waals surface area contributed by atoms with Gasteiger partial charge in [0.1, 0.15) is 0 Å². The van der Waals surface area contributed by atoms with Crippen LogP contribution in [0.25, 0.3) is 0 Å². The number of amides is 1. The van der Waals surface area contributed by atoms with Crippen molar-refractivity contribution in [2.24, 2.45) is 17.8 Å². The molecule has 0 aromatic rings. The molecule has 0 aliphatic heterocycles. The molecule has 0 radical (unpaired) electrons. The molecule has 0 spiro atoms. The minimum Gasteiger partial charge on any atom is -0.345 e. The van der Waals surface area contributed by atoms with Crippen LogP contribution in [0.2, 0.25) is 0 Å². The fourth-order valence-corrected chi connectivity index (χ4v) is 3.49. The summed E-state index contributed by atoms with van der Waals surface area (Å²) in [6.07, 6.45) is 6.08. The van der Waals surface area contributed by atoms with Gasteiger partial charge < -0.3 is 4.90 Å². The zero-order valence-corrected chi connectivity index (χ0v) is 10.2. The topological polar surface area (TPSA) is 20.3 Å². The molecule has 2 aliphatic carbocycles. The fourth-order valence-electron chi connectivity index (χ4n) is 3.33. The van der Waals surface area contributed by atoms with Crippen LogP contribution in [0.3, 0.4) is 0 Å². The Kier molecular flexibility index (Phi) is 3.55. The Balaban J connectivity index is 1.79. The molecule has 3 atom stereocenters. The van der Waals surface area contributed by atoms with Gasteiger partial charge in [0, 0.05) is 25.9 Å². The molecule has 0 heterocycles. The minimum absolute atomic E-state index is 0.202. The monoisotopic (exact) mass is 229 g/mol. The van der Waals surface area contributed by atoms with Crippen LogP contribution in [0.4, 0.5) is 0 Å². The number of hydrogen-bond donors (Lipinski definition) is 0. The molecule has 2 fully saturated rings. The van der Waals surface area contributed by atoms with E-state index < -0.39 is 0 Å². The van der Waals surface area contributed by atoms with Crippen molar-refractivity contribution in [1.82, 2.24) is 4.90 Å². The van der Waals surface area contributed by atoms with E-state index in [9.17, 15) is 4.79 Å². The lowest BCUT2D eigenvalue weighted by Crippen LogP contribution is -2.33. The van der Waals surface area contributed by atoms with Crippen molar-refractivity contribution >= 4 is 17.5 Å². The van der Waals surface area contributed by atoms with Gasteiger partial charge in [-0.25, -0.2) is 0 Å². The summed E-state index contributed by atoms with van der Waals surface area (Å²) in [4.78, 5) is 13.5. The number of fused-ring (bicyclic) bond motifs is 2. The second kappa shape index (κ2) is 4.73. The number of carbonyl (C=O) groups excluding carboxylic acids is 1.